The van der Waals surface area contributed by atoms with Crippen molar-refractivity contribution >= 4 is 23.4 Å². The molecule has 1 aliphatic heterocycles. The number of carbonyl (C=O) groups is 4. The Hall–Kier alpha value is -3.28. The summed E-state index contributed by atoms with van der Waals surface area (Å²) in [6.45, 7) is 1.64. The van der Waals surface area contributed by atoms with Crippen LogP contribution in [0.3, 0.4) is 0 Å². The van der Waals surface area contributed by atoms with Gasteiger partial charge in [-0.1, -0.05) is 49.1 Å². The van der Waals surface area contributed by atoms with Crippen LogP contribution in [-0.4, -0.2) is 39.4 Å². The SMILES string of the molecule is CC1=CC(=O)C2=C(CC3C(=CCC4C(=O)N(C5CCCCC5)C(=O)C43)C2c2ccccc2O)C1=O. The molecular weight excluding hydrogens is 442 g/mol. The zero-order chi connectivity index (χ0) is 24.4. The number of allylic oxidation sites excluding steroid dienone is 6. The zero-order valence-corrected chi connectivity index (χ0v) is 19.8. The Labute approximate surface area is 204 Å². The number of hydrogen-bond donors (Lipinski definition) is 1. The molecule has 1 saturated carbocycles. The summed E-state index contributed by atoms with van der Waals surface area (Å²) in [4.78, 5) is 55.4. The highest BCUT2D eigenvalue weighted by Crippen LogP contribution is 2.56. The van der Waals surface area contributed by atoms with Crippen LogP contribution in [0.25, 0.3) is 0 Å². The Morgan fingerprint density at radius 2 is 1.69 bits per heavy atom. The fourth-order valence-corrected chi connectivity index (χ4v) is 7.19. The van der Waals surface area contributed by atoms with E-state index in [2.05, 4.69) is 0 Å². The van der Waals surface area contributed by atoms with Crippen LogP contribution in [0.5, 0.6) is 5.75 Å². The molecule has 2 fully saturated rings. The van der Waals surface area contributed by atoms with Crippen LogP contribution in [0.2, 0.25) is 0 Å². The summed E-state index contributed by atoms with van der Waals surface area (Å²) >= 11 is 0. The van der Waals surface area contributed by atoms with E-state index in [0.29, 0.717) is 28.7 Å². The molecular formula is C29H29NO5. The van der Waals surface area contributed by atoms with Gasteiger partial charge in [-0.15, -0.1) is 0 Å². The van der Waals surface area contributed by atoms with Crippen molar-refractivity contribution < 1.29 is 24.3 Å². The smallest absolute Gasteiger partial charge is 0.233 e. The van der Waals surface area contributed by atoms with E-state index in [9.17, 15) is 24.3 Å². The fourth-order valence-electron chi connectivity index (χ4n) is 7.19. The van der Waals surface area contributed by atoms with E-state index in [1.54, 1.807) is 36.1 Å². The molecule has 6 nitrogen and oxygen atoms in total. The molecule has 4 atom stereocenters. The molecule has 4 aliphatic carbocycles. The molecule has 6 heteroatoms. The van der Waals surface area contributed by atoms with Crippen LogP contribution in [0.4, 0.5) is 0 Å². The summed E-state index contributed by atoms with van der Waals surface area (Å²) in [7, 11) is 0. The predicted molar refractivity (Wildman–Crippen MR) is 128 cm³/mol. The zero-order valence-electron chi connectivity index (χ0n) is 19.8. The van der Waals surface area contributed by atoms with E-state index >= 15 is 0 Å². The van der Waals surface area contributed by atoms with Gasteiger partial charge in [0.2, 0.25) is 11.8 Å². The Morgan fingerprint density at radius 3 is 2.43 bits per heavy atom. The van der Waals surface area contributed by atoms with Crippen molar-refractivity contribution in [3.8, 4) is 5.75 Å². The molecule has 1 heterocycles. The number of imide groups is 1. The third kappa shape index (κ3) is 3.22. The van der Waals surface area contributed by atoms with Gasteiger partial charge in [-0.05, 0) is 50.7 Å². The van der Waals surface area contributed by atoms with Crippen molar-refractivity contribution in [3.05, 3.63) is 64.3 Å². The van der Waals surface area contributed by atoms with Gasteiger partial charge in [0.15, 0.2) is 11.6 Å². The molecule has 2 amide bonds. The number of para-hydroxylation sites is 1. The Balaban J connectivity index is 1.47. The van der Waals surface area contributed by atoms with Crippen molar-refractivity contribution in [1.82, 2.24) is 4.90 Å². The highest BCUT2D eigenvalue weighted by Gasteiger charge is 2.57. The first-order chi connectivity index (χ1) is 16.9. The Bertz CT molecular complexity index is 1260. The van der Waals surface area contributed by atoms with Crippen molar-refractivity contribution in [2.45, 2.75) is 63.8 Å². The second-order valence-electron chi connectivity index (χ2n) is 10.6. The molecule has 1 aromatic rings. The quantitative estimate of drug-likeness (QED) is 0.397. The number of likely N-dealkylation sites (tertiary alicyclic amines) is 1. The van der Waals surface area contributed by atoms with Gasteiger partial charge < -0.3 is 5.11 Å². The lowest BCUT2D eigenvalue weighted by Crippen LogP contribution is -2.43. The number of hydrogen-bond acceptors (Lipinski definition) is 5. The van der Waals surface area contributed by atoms with Gasteiger partial charge in [0.1, 0.15) is 5.75 Å². The molecule has 1 aromatic carbocycles. The van der Waals surface area contributed by atoms with E-state index in [1.807, 2.05) is 6.08 Å². The summed E-state index contributed by atoms with van der Waals surface area (Å²) in [6, 6.07) is 6.85. The number of fused-ring (bicyclic) bond motifs is 3. The molecule has 0 bridgehead atoms. The van der Waals surface area contributed by atoms with Gasteiger partial charge >= 0.3 is 0 Å². The molecule has 1 saturated heterocycles. The third-order valence-electron chi connectivity index (χ3n) is 8.78. The number of amides is 2. The summed E-state index contributed by atoms with van der Waals surface area (Å²) in [5.41, 5.74) is 2.67. The van der Waals surface area contributed by atoms with E-state index in [-0.39, 0.29) is 47.5 Å². The normalized spacial score (nSPS) is 31.2. The largest absolute Gasteiger partial charge is 0.508 e. The molecule has 5 aliphatic rings. The topological polar surface area (TPSA) is 91.8 Å². The minimum absolute atomic E-state index is 0.0341. The molecule has 0 spiro atoms. The minimum Gasteiger partial charge on any atom is -0.508 e. The van der Waals surface area contributed by atoms with Crippen molar-refractivity contribution in [3.63, 3.8) is 0 Å². The minimum atomic E-state index is -0.599. The fraction of sp³-hybridized carbons (Fsp3) is 0.448. The number of phenols is 1. The van der Waals surface area contributed by atoms with Crippen LogP contribution in [0.15, 0.2) is 58.7 Å². The number of nitrogens with zero attached hydrogens (tertiary/aromatic N) is 1. The average Bonchev–Trinajstić information content (AvgIpc) is 3.12. The van der Waals surface area contributed by atoms with Crippen molar-refractivity contribution in [2.75, 3.05) is 0 Å². The summed E-state index contributed by atoms with van der Waals surface area (Å²) in [5.74, 6) is -2.43. The van der Waals surface area contributed by atoms with Gasteiger partial charge in [0, 0.05) is 34.2 Å². The lowest BCUT2D eigenvalue weighted by Gasteiger charge is -2.42. The standard InChI is InChI=1S/C29H29NO5/c1-15-13-23(32)26-21(27(15)33)14-20-17(24(26)18-9-5-6-10-22(18)31)11-12-19-25(20)29(35)30(28(19)34)16-7-3-2-4-8-16/h5-6,9-11,13,16,19-20,24-25,31H,2-4,7-8,12,14H2,1H3. The Morgan fingerprint density at radius 1 is 0.943 bits per heavy atom. The average molecular weight is 472 g/mol. The molecule has 6 rings (SSSR count). The number of Topliss-reactive ketones (excluding diaryl/α,β-unsaturated/α-hetero) is 1. The second-order valence-corrected chi connectivity index (χ2v) is 10.6. The second kappa shape index (κ2) is 8.14. The molecule has 180 valence electrons. The van der Waals surface area contributed by atoms with E-state index in [1.165, 1.54) is 6.08 Å². The highest BCUT2D eigenvalue weighted by atomic mass is 16.3. The van der Waals surface area contributed by atoms with Crippen LogP contribution in [-0.2, 0) is 19.2 Å². The number of ketones is 2. The first kappa shape index (κ1) is 22.2. The molecule has 35 heavy (non-hydrogen) atoms. The van der Waals surface area contributed by atoms with Crippen LogP contribution < -0.4 is 0 Å². The maximum atomic E-state index is 13.8. The molecule has 1 N–H and O–H groups in total. The van der Waals surface area contributed by atoms with Gasteiger partial charge in [0.25, 0.3) is 0 Å². The molecule has 4 unspecified atom stereocenters. The number of benzene rings is 1. The number of rotatable bonds is 2. The molecule has 0 radical (unpaired) electrons. The first-order valence-corrected chi connectivity index (χ1v) is 12.7. The Kier molecular flexibility index (Phi) is 5.17. The van der Waals surface area contributed by atoms with E-state index in [0.717, 1.165) is 37.7 Å². The molecule has 0 aromatic heterocycles. The number of carbonyl (C=O) groups excluding carboxylic acids is 4. The van der Waals surface area contributed by atoms with Gasteiger partial charge in [-0.25, -0.2) is 0 Å². The van der Waals surface area contributed by atoms with Gasteiger partial charge in [-0.3, -0.25) is 24.1 Å². The highest BCUT2D eigenvalue weighted by molar-refractivity contribution is 6.23. The lowest BCUT2D eigenvalue weighted by molar-refractivity contribution is -0.143. The summed E-state index contributed by atoms with van der Waals surface area (Å²) in [5, 5.41) is 10.8. The predicted octanol–water partition coefficient (Wildman–Crippen LogP) is 4.15. The first-order valence-electron chi connectivity index (χ1n) is 12.7. The summed E-state index contributed by atoms with van der Waals surface area (Å²) < 4.78 is 0. The lowest BCUT2D eigenvalue weighted by atomic mass is 9.59. The van der Waals surface area contributed by atoms with Gasteiger partial charge in [0.05, 0.1) is 11.8 Å². The maximum absolute atomic E-state index is 13.8. The van der Waals surface area contributed by atoms with E-state index < -0.39 is 17.8 Å². The summed E-state index contributed by atoms with van der Waals surface area (Å²) in [6.07, 6.45) is 9.00. The number of phenolic OH excluding ortho intramolecular Hbond substituents is 1. The van der Waals surface area contributed by atoms with Crippen molar-refractivity contribution in [2.24, 2.45) is 17.8 Å². The monoisotopic (exact) mass is 471 g/mol. The van der Waals surface area contributed by atoms with Crippen LogP contribution in [0, 0.1) is 17.8 Å². The van der Waals surface area contributed by atoms with Crippen molar-refractivity contribution in [1.29, 1.82) is 0 Å². The maximum Gasteiger partial charge on any atom is 0.233 e. The van der Waals surface area contributed by atoms with Crippen LogP contribution >= 0.6 is 0 Å². The van der Waals surface area contributed by atoms with E-state index in [4.69, 9.17) is 0 Å². The number of aromatic hydroxyl groups is 1. The van der Waals surface area contributed by atoms with Gasteiger partial charge in [-0.2, -0.15) is 0 Å². The van der Waals surface area contributed by atoms with Crippen LogP contribution in [0.1, 0.15) is 63.4 Å². The third-order valence-corrected chi connectivity index (χ3v) is 8.78.